The van der Waals surface area contributed by atoms with Gasteiger partial charge in [-0.05, 0) is 24.1 Å². The van der Waals surface area contributed by atoms with Crippen LogP contribution in [0, 0.1) is 0 Å². The summed E-state index contributed by atoms with van der Waals surface area (Å²) < 4.78 is 0. The number of halogens is 1. The number of hydrogen-bond acceptors (Lipinski definition) is 3. The summed E-state index contributed by atoms with van der Waals surface area (Å²) in [5, 5.41) is 12.3. The summed E-state index contributed by atoms with van der Waals surface area (Å²) in [6, 6.07) is 13.0. The molecule has 2 aromatic rings. The van der Waals surface area contributed by atoms with Crippen molar-refractivity contribution in [2.45, 2.75) is 12.3 Å². The van der Waals surface area contributed by atoms with Crippen LogP contribution in [0.15, 0.2) is 48.7 Å². The van der Waals surface area contributed by atoms with Crippen LogP contribution in [0.4, 0.5) is 0 Å². The number of nitrogens with zero attached hydrogens (tertiary/aromatic N) is 1. The maximum atomic E-state index is 12.1. The molecule has 2 rings (SSSR count). The Morgan fingerprint density at radius 3 is 2.71 bits per heavy atom. The molecular weight excluding hydrogens is 288 g/mol. The fourth-order valence-corrected chi connectivity index (χ4v) is 2.30. The average Bonchev–Trinajstić information content (AvgIpc) is 2.52. The van der Waals surface area contributed by atoms with Crippen LogP contribution >= 0.6 is 11.6 Å². The summed E-state index contributed by atoms with van der Waals surface area (Å²) in [5.74, 6) is -0.115. The van der Waals surface area contributed by atoms with E-state index < -0.39 is 0 Å². The number of rotatable bonds is 6. The SMILES string of the molecule is O=C(NCC(CCO)c1ccccc1)c1ccnc(Cl)c1. The summed E-state index contributed by atoms with van der Waals surface area (Å²) in [4.78, 5) is 15.9. The van der Waals surface area contributed by atoms with E-state index in [4.69, 9.17) is 11.6 Å². The lowest BCUT2D eigenvalue weighted by Crippen LogP contribution is -2.28. The summed E-state index contributed by atoms with van der Waals surface area (Å²) >= 11 is 5.77. The molecule has 5 heteroatoms. The van der Waals surface area contributed by atoms with Crippen LogP contribution < -0.4 is 5.32 Å². The van der Waals surface area contributed by atoms with Gasteiger partial charge in [-0.15, -0.1) is 0 Å². The van der Waals surface area contributed by atoms with E-state index in [1.165, 1.54) is 12.3 Å². The first-order chi connectivity index (χ1) is 10.2. The van der Waals surface area contributed by atoms with E-state index in [1.54, 1.807) is 6.07 Å². The van der Waals surface area contributed by atoms with Crippen LogP contribution in [0.3, 0.4) is 0 Å². The lowest BCUT2D eigenvalue weighted by molar-refractivity contribution is 0.0949. The molecule has 1 aromatic carbocycles. The van der Waals surface area contributed by atoms with Crippen molar-refractivity contribution in [2.24, 2.45) is 0 Å². The monoisotopic (exact) mass is 304 g/mol. The summed E-state index contributed by atoms with van der Waals surface area (Å²) in [7, 11) is 0. The summed E-state index contributed by atoms with van der Waals surface area (Å²) in [5.41, 5.74) is 1.57. The first-order valence-electron chi connectivity index (χ1n) is 6.76. The highest BCUT2D eigenvalue weighted by molar-refractivity contribution is 6.29. The third-order valence-corrected chi connectivity index (χ3v) is 3.45. The minimum Gasteiger partial charge on any atom is -0.396 e. The Hall–Kier alpha value is -1.91. The Bertz CT molecular complexity index is 590. The molecule has 1 unspecified atom stereocenters. The minimum atomic E-state index is -0.196. The van der Waals surface area contributed by atoms with Crippen LogP contribution in [-0.4, -0.2) is 29.1 Å². The topological polar surface area (TPSA) is 62.2 Å². The lowest BCUT2D eigenvalue weighted by Gasteiger charge is -2.17. The average molecular weight is 305 g/mol. The van der Waals surface area contributed by atoms with E-state index in [0.29, 0.717) is 18.5 Å². The van der Waals surface area contributed by atoms with Crippen LogP contribution in [0.2, 0.25) is 5.15 Å². The van der Waals surface area contributed by atoms with E-state index >= 15 is 0 Å². The van der Waals surface area contributed by atoms with Gasteiger partial charge in [0.25, 0.3) is 5.91 Å². The number of carbonyl (C=O) groups excluding carboxylic acids is 1. The number of hydrogen-bond donors (Lipinski definition) is 2. The Labute approximate surface area is 128 Å². The van der Waals surface area contributed by atoms with Crippen molar-refractivity contribution in [3.63, 3.8) is 0 Å². The van der Waals surface area contributed by atoms with Gasteiger partial charge < -0.3 is 10.4 Å². The first kappa shape index (κ1) is 15.5. The Kier molecular flexibility index (Phi) is 5.72. The van der Waals surface area contributed by atoms with Crippen molar-refractivity contribution < 1.29 is 9.90 Å². The van der Waals surface area contributed by atoms with Crippen molar-refractivity contribution in [3.8, 4) is 0 Å². The molecule has 0 aliphatic carbocycles. The number of aliphatic hydroxyl groups excluding tert-OH is 1. The van der Waals surface area contributed by atoms with Gasteiger partial charge in [0.2, 0.25) is 0 Å². The van der Waals surface area contributed by atoms with Gasteiger partial charge in [0.1, 0.15) is 5.15 Å². The molecule has 1 amide bonds. The Morgan fingerprint density at radius 1 is 1.29 bits per heavy atom. The Morgan fingerprint density at radius 2 is 2.05 bits per heavy atom. The minimum absolute atomic E-state index is 0.0799. The highest BCUT2D eigenvalue weighted by atomic mass is 35.5. The molecule has 1 heterocycles. The normalized spacial score (nSPS) is 11.9. The van der Waals surface area contributed by atoms with E-state index in [9.17, 15) is 9.90 Å². The van der Waals surface area contributed by atoms with Gasteiger partial charge in [-0.3, -0.25) is 4.79 Å². The molecule has 4 nitrogen and oxygen atoms in total. The Balaban J connectivity index is 2.00. The van der Waals surface area contributed by atoms with Crippen molar-refractivity contribution in [3.05, 3.63) is 64.9 Å². The second kappa shape index (κ2) is 7.76. The largest absolute Gasteiger partial charge is 0.396 e. The van der Waals surface area contributed by atoms with Gasteiger partial charge in [-0.1, -0.05) is 41.9 Å². The zero-order valence-corrected chi connectivity index (χ0v) is 12.3. The number of carbonyl (C=O) groups is 1. The smallest absolute Gasteiger partial charge is 0.251 e. The number of amides is 1. The molecule has 0 saturated carbocycles. The standard InChI is InChI=1S/C16H17ClN2O2/c17-15-10-13(6-8-18-15)16(21)19-11-14(7-9-20)12-4-2-1-3-5-12/h1-6,8,10,14,20H,7,9,11H2,(H,19,21). The van der Waals surface area contributed by atoms with Gasteiger partial charge in [-0.25, -0.2) is 4.98 Å². The van der Waals surface area contributed by atoms with E-state index in [-0.39, 0.29) is 23.6 Å². The summed E-state index contributed by atoms with van der Waals surface area (Å²) in [6.07, 6.45) is 2.10. The van der Waals surface area contributed by atoms with Crippen molar-refractivity contribution in [2.75, 3.05) is 13.2 Å². The number of aromatic nitrogens is 1. The predicted molar refractivity (Wildman–Crippen MR) is 82.5 cm³/mol. The molecule has 21 heavy (non-hydrogen) atoms. The second-order valence-corrected chi connectivity index (χ2v) is 5.08. The molecule has 110 valence electrons. The lowest BCUT2D eigenvalue weighted by atomic mass is 9.96. The molecule has 1 aromatic heterocycles. The molecule has 0 fully saturated rings. The predicted octanol–water partition coefficient (Wildman–Crippen LogP) is 2.63. The van der Waals surface area contributed by atoms with Gasteiger partial charge in [0.15, 0.2) is 0 Å². The molecule has 2 N–H and O–H groups in total. The fourth-order valence-electron chi connectivity index (χ4n) is 2.13. The van der Waals surface area contributed by atoms with Gasteiger partial charge in [0, 0.05) is 30.8 Å². The van der Waals surface area contributed by atoms with Gasteiger partial charge >= 0.3 is 0 Å². The van der Waals surface area contributed by atoms with E-state index in [1.807, 2.05) is 30.3 Å². The van der Waals surface area contributed by atoms with Crippen molar-refractivity contribution >= 4 is 17.5 Å². The summed E-state index contributed by atoms with van der Waals surface area (Å²) in [6.45, 7) is 0.542. The fraction of sp³-hybridized carbons (Fsp3) is 0.250. The molecular formula is C16H17ClN2O2. The number of nitrogens with one attached hydrogen (secondary N) is 1. The molecule has 0 spiro atoms. The maximum Gasteiger partial charge on any atom is 0.251 e. The quantitative estimate of drug-likeness (QED) is 0.807. The molecule has 1 atom stereocenters. The maximum absolute atomic E-state index is 12.1. The molecule has 0 aliphatic heterocycles. The van der Waals surface area contributed by atoms with E-state index in [2.05, 4.69) is 10.3 Å². The first-order valence-corrected chi connectivity index (χ1v) is 7.14. The van der Waals surface area contributed by atoms with Gasteiger partial charge in [-0.2, -0.15) is 0 Å². The highest BCUT2D eigenvalue weighted by Gasteiger charge is 2.13. The highest BCUT2D eigenvalue weighted by Crippen LogP contribution is 2.18. The third-order valence-electron chi connectivity index (χ3n) is 3.25. The van der Waals surface area contributed by atoms with Crippen molar-refractivity contribution in [1.82, 2.24) is 10.3 Å². The zero-order valence-electron chi connectivity index (χ0n) is 11.5. The van der Waals surface area contributed by atoms with Crippen LogP contribution in [0.1, 0.15) is 28.3 Å². The molecule has 0 saturated heterocycles. The van der Waals surface area contributed by atoms with E-state index in [0.717, 1.165) is 5.56 Å². The third kappa shape index (κ3) is 4.55. The molecule has 0 bridgehead atoms. The molecule has 0 aliphatic rings. The number of aliphatic hydroxyl groups is 1. The zero-order chi connectivity index (χ0) is 15.1. The molecule has 0 radical (unpaired) electrons. The van der Waals surface area contributed by atoms with Crippen LogP contribution in [0.25, 0.3) is 0 Å². The van der Waals surface area contributed by atoms with Crippen molar-refractivity contribution in [1.29, 1.82) is 0 Å². The van der Waals surface area contributed by atoms with Gasteiger partial charge in [0.05, 0.1) is 0 Å². The second-order valence-electron chi connectivity index (χ2n) is 4.70. The number of pyridine rings is 1. The number of benzene rings is 1. The van der Waals surface area contributed by atoms with Crippen LogP contribution in [0.5, 0.6) is 0 Å². The van der Waals surface area contributed by atoms with Crippen LogP contribution in [-0.2, 0) is 0 Å².